The molecule has 2 aromatic carbocycles. The van der Waals surface area contributed by atoms with Gasteiger partial charge in [-0.25, -0.2) is 8.78 Å². The number of aromatic nitrogens is 2. The van der Waals surface area contributed by atoms with Crippen LogP contribution in [0.25, 0.3) is 0 Å². The number of piperazine rings is 1. The Hall–Kier alpha value is -4.01. The highest BCUT2D eigenvalue weighted by Crippen LogP contribution is 2.39. The van der Waals surface area contributed by atoms with Crippen molar-refractivity contribution in [2.24, 2.45) is 5.92 Å². The van der Waals surface area contributed by atoms with Crippen LogP contribution in [0.4, 0.5) is 8.78 Å². The van der Waals surface area contributed by atoms with Crippen LogP contribution in [0.1, 0.15) is 119 Å². The molecule has 2 aliphatic carbocycles. The first-order valence-corrected chi connectivity index (χ1v) is 22.2. The number of carbonyl (C=O) groups is 3. The Morgan fingerprint density at radius 3 is 2.26 bits per heavy atom. The number of unbranched alkanes of at least 4 members (excludes halogenated alkanes) is 1. The van der Waals surface area contributed by atoms with E-state index in [-0.39, 0.29) is 94.2 Å². The van der Waals surface area contributed by atoms with E-state index < -0.39 is 5.92 Å². The van der Waals surface area contributed by atoms with Crippen LogP contribution in [-0.2, 0) is 17.8 Å². The van der Waals surface area contributed by atoms with Crippen LogP contribution >= 0.6 is 27.0 Å². The number of rotatable bonds is 17. The monoisotopic (exact) mass is 884 g/mol. The average Bonchev–Trinajstić information content (AvgIpc) is 3.52. The molecule has 2 aromatic heterocycles. The third-order valence-electron chi connectivity index (χ3n) is 13.5. The highest BCUT2D eigenvalue weighted by molar-refractivity contribution is 7.59. The zero-order valence-electron chi connectivity index (χ0n) is 35.6. The number of hydrogen-bond acceptors (Lipinski definition) is 8. The van der Waals surface area contributed by atoms with Gasteiger partial charge in [-0.15, -0.1) is 0 Å². The van der Waals surface area contributed by atoms with Gasteiger partial charge in [0.15, 0.2) is 0 Å². The van der Waals surface area contributed by atoms with E-state index in [0.717, 1.165) is 89.2 Å². The molecule has 4 heterocycles. The van der Waals surface area contributed by atoms with Gasteiger partial charge in [0.2, 0.25) is 5.92 Å². The maximum absolute atomic E-state index is 14.0. The van der Waals surface area contributed by atoms with Crippen molar-refractivity contribution in [3.8, 4) is 0 Å². The van der Waals surface area contributed by atoms with Crippen molar-refractivity contribution in [3.63, 3.8) is 0 Å². The number of benzene rings is 2. The molecule has 3 atom stereocenters. The number of hydrogen-bond donors (Lipinski definition) is 0. The molecular weight excluding hydrogens is 823 g/mol. The summed E-state index contributed by atoms with van der Waals surface area (Å²) in [6.07, 6.45) is 11.7. The van der Waals surface area contributed by atoms with Gasteiger partial charge in [0.25, 0.3) is 11.8 Å². The maximum Gasteiger partial charge on any atom is 0.261 e. The third-order valence-corrected chi connectivity index (χ3v) is 13.5. The number of aryl methyl sites for hydroxylation is 1. The molecular formula is C49H62F2N6O3S2. The Bertz CT molecular complexity index is 2050. The van der Waals surface area contributed by atoms with Crippen molar-refractivity contribution in [2.75, 3.05) is 45.8 Å². The lowest BCUT2D eigenvalue weighted by molar-refractivity contribution is -0.127. The van der Waals surface area contributed by atoms with Crippen LogP contribution in [0.3, 0.4) is 0 Å². The van der Waals surface area contributed by atoms with Crippen molar-refractivity contribution in [3.05, 3.63) is 131 Å². The first-order chi connectivity index (χ1) is 29.2. The van der Waals surface area contributed by atoms with Gasteiger partial charge < -0.3 is 4.90 Å². The van der Waals surface area contributed by atoms with Crippen LogP contribution in [0.2, 0.25) is 0 Å². The van der Waals surface area contributed by atoms with Crippen molar-refractivity contribution >= 4 is 44.6 Å². The molecule has 332 valence electrons. The quantitative estimate of drug-likeness (QED) is 0.0770. The third kappa shape index (κ3) is 11.6. The Morgan fingerprint density at radius 2 is 1.53 bits per heavy atom. The molecule has 8 rings (SSSR count). The normalized spacial score (nSPS) is 20.9. The van der Waals surface area contributed by atoms with Gasteiger partial charge in [0, 0.05) is 89.1 Å². The fraction of sp³-hybridized carbons (Fsp3) is 0.490. The number of alkyl halides is 2. The molecule has 0 N–H and O–H groups in total. The number of amides is 2. The summed E-state index contributed by atoms with van der Waals surface area (Å²) in [6, 6.07) is 26.1. The summed E-state index contributed by atoms with van der Waals surface area (Å²) in [4.78, 5) is 58.4. The molecule has 13 heteroatoms. The standard InChI is InChI=1S/C49H58F2N6O3.2H2S/c50-49(51)22-17-38(18-23-49)45(58)32-40(37-10-2-1-3-11-37)21-29-54-30-31-55(33-36-19-25-52-26-20-36)41(34-54)35-56(44-16-8-12-39-13-9-24-53-46(39)44)27-6-7-28-57-47(59)42-14-4-5-15-43(42)48(57)60;;/h1-5,9-11,13-15,19-20,24-26,38,40-41,44H,6-8,12,16-18,21-23,27-35H2;2*1H2/t40-,41-,44+;;/m1../s1. The van der Waals surface area contributed by atoms with Gasteiger partial charge >= 0.3 is 0 Å². The van der Waals surface area contributed by atoms with Crippen LogP contribution in [0.15, 0.2) is 97.5 Å². The van der Waals surface area contributed by atoms with Gasteiger partial charge in [0.1, 0.15) is 5.78 Å². The predicted molar refractivity (Wildman–Crippen MR) is 248 cm³/mol. The highest BCUT2D eigenvalue weighted by Gasteiger charge is 2.39. The number of nitrogens with zero attached hydrogens (tertiary/aromatic N) is 6. The average molecular weight is 885 g/mol. The van der Waals surface area contributed by atoms with Crippen LogP contribution in [-0.4, -0.2) is 105 Å². The van der Waals surface area contributed by atoms with E-state index in [0.29, 0.717) is 30.5 Å². The minimum atomic E-state index is -2.65. The topological polar surface area (TPSA) is 90.0 Å². The smallest absolute Gasteiger partial charge is 0.261 e. The minimum Gasteiger partial charge on any atom is -0.300 e. The number of carbonyl (C=O) groups excluding carboxylic acids is 3. The molecule has 62 heavy (non-hydrogen) atoms. The first kappa shape index (κ1) is 47.5. The molecule has 0 radical (unpaired) electrons. The fourth-order valence-electron chi connectivity index (χ4n) is 10.1. The second-order valence-electron chi connectivity index (χ2n) is 17.4. The number of halogens is 2. The van der Waals surface area contributed by atoms with E-state index in [1.54, 1.807) is 24.3 Å². The Morgan fingerprint density at radius 1 is 0.823 bits per heavy atom. The fourth-order valence-corrected chi connectivity index (χ4v) is 10.1. The molecule has 0 spiro atoms. The maximum atomic E-state index is 14.0. The lowest BCUT2D eigenvalue weighted by Gasteiger charge is -2.45. The first-order valence-electron chi connectivity index (χ1n) is 22.2. The van der Waals surface area contributed by atoms with Gasteiger partial charge in [-0.1, -0.05) is 48.5 Å². The van der Waals surface area contributed by atoms with Crippen molar-refractivity contribution in [2.45, 2.75) is 101 Å². The molecule has 9 nitrogen and oxygen atoms in total. The minimum absolute atomic E-state index is 0. The number of fused-ring (bicyclic) bond motifs is 2. The Balaban J connectivity index is 0.00000321. The molecule has 2 aliphatic heterocycles. The second kappa shape index (κ2) is 22.1. The predicted octanol–water partition coefficient (Wildman–Crippen LogP) is 8.60. The summed E-state index contributed by atoms with van der Waals surface area (Å²) in [5.41, 5.74) is 5.81. The zero-order chi connectivity index (χ0) is 41.5. The summed E-state index contributed by atoms with van der Waals surface area (Å²) in [5.74, 6) is -3.19. The van der Waals surface area contributed by atoms with Crippen LogP contribution in [0, 0.1) is 5.92 Å². The summed E-state index contributed by atoms with van der Waals surface area (Å²) in [5, 5.41) is 0. The SMILES string of the molecule is O=C(C[C@@H](CCN1CCN(Cc2ccncc2)[C@@H](CN(CCCCN2C(=O)c3ccccc3C2=O)[C@H]2CCCc3cccnc32)C1)c1ccccc1)C1CCC(F)(F)CC1.S.S. The van der Waals surface area contributed by atoms with E-state index >= 15 is 0 Å². The molecule has 1 saturated carbocycles. The number of ketones is 1. The van der Waals surface area contributed by atoms with Crippen LogP contribution in [0.5, 0.6) is 0 Å². The largest absolute Gasteiger partial charge is 0.300 e. The summed E-state index contributed by atoms with van der Waals surface area (Å²) < 4.78 is 28.0. The Labute approximate surface area is 379 Å². The van der Waals surface area contributed by atoms with Gasteiger partial charge in [-0.3, -0.25) is 39.1 Å². The molecule has 4 aromatic rings. The second-order valence-corrected chi connectivity index (χ2v) is 17.4. The molecule has 0 bridgehead atoms. The van der Waals surface area contributed by atoms with Gasteiger partial charge in [-0.2, -0.15) is 27.0 Å². The molecule has 4 aliphatic rings. The van der Waals surface area contributed by atoms with Gasteiger partial charge in [-0.05, 0) is 117 Å². The van der Waals surface area contributed by atoms with Crippen molar-refractivity contribution < 1.29 is 23.2 Å². The summed E-state index contributed by atoms with van der Waals surface area (Å²) in [7, 11) is 0. The molecule has 1 saturated heterocycles. The van der Waals surface area contributed by atoms with E-state index in [2.05, 4.69) is 50.0 Å². The number of pyridine rings is 2. The lowest BCUT2D eigenvalue weighted by Crippen LogP contribution is -2.57. The number of imide groups is 1. The molecule has 0 unspecified atom stereocenters. The summed E-state index contributed by atoms with van der Waals surface area (Å²) in [6.45, 7) is 6.36. The van der Waals surface area contributed by atoms with E-state index in [9.17, 15) is 23.2 Å². The van der Waals surface area contributed by atoms with Crippen LogP contribution < -0.4 is 0 Å². The van der Waals surface area contributed by atoms with Gasteiger partial charge in [0.05, 0.1) is 22.9 Å². The van der Waals surface area contributed by atoms with Crippen molar-refractivity contribution in [1.82, 2.24) is 29.6 Å². The molecule has 2 amide bonds. The number of Topliss-reactive ketones (excluding diaryl/α,β-unsaturated/α-hetero) is 1. The van der Waals surface area contributed by atoms with Crippen molar-refractivity contribution in [1.29, 1.82) is 0 Å². The highest BCUT2D eigenvalue weighted by atomic mass is 32.1. The summed E-state index contributed by atoms with van der Waals surface area (Å²) >= 11 is 0. The Kier molecular flexibility index (Phi) is 16.9. The lowest BCUT2D eigenvalue weighted by atomic mass is 9.79. The van der Waals surface area contributed by atoms with E-state index in [1.807, 2.05) is 42.9 Å². The van der Waals surface area contributed by atoms with E-state index in [4.69, 9.17) is 4.98 Å². The zero-order valence-corrected chi connectivity index (χ0v) is 37.6. The molecule has 2 fully saturated rings. The van der Waals surface area contributed by atoms with E-state index in [1.165, 1.54) is 16.0 Å².